The van der Waals surface area contributed by atoms with E-state index in [0.717, 1.165) is 4.90 Å². The molecule has 0 unspecified atom stereocenters. The molecule has 1 aromatic heterocycles. The van der Waals surface area contributed by atoms with Gasteiger partial charge in [-0.2, -0.15) is 13.2 Å². The van der Waals surface area contributed by atoms with E-state index >= 15 is 0 Å². The van der Waals surface area contributed by atoms with E-state index in [4.69, 9.17) is 5.73 Å². The van der Waals surface area contributed by atoms with Crippen LogP contribution in [-0.4, -0.2) is 35.8 Å². The van der Waals surface area contributed by atoms with E-state index in [1.54, 1.807) is 0 Å². The highest BCUT2D eigenvalue weighted by atomic mass is 19.4. The van der Waals surface area contributed by atoms with Crippen molar-refractivity contribution >= 4 is 5.82 Å². The van der Waals surface area contributed by atoms with Crippen LogP contribution in [0.2, 0.25) is 0 Å². The highest BCUT2D eigenvalue weighted by Gasteiger charge is 2.31. The molecule has 1 rings (SSSR count). The van der Waals surface area contributed by atoms with Gasteiger partial charge >= 0.3 is 6.18 Å². The first-order valence-electron chi connectivity index (χ1n) is 4.31. The first kappa shape index (κ1) is 11.7. The topological polar surface area (TPSA) is 55.0 Å². The van der Waals surface area contributed by atoms with Crippen molar-refractivity contribution in [1.29, 1.82) is 0 Å². The quantitative estimate of drug-likeness (QED) is 0.815. The van der Waals surface area contributed by atoms with Gasteiger partial charge in [-0.15, -0.1) is 0 Å². The Hall–Kier alpha value is -1.37. The van der Waals surface area contributed by atoms with Crippen LogP contribution < -0.4 is 10.6 Å². The van der Waals surface area contributed by atoms with Crippen molar-refractivity contribution in [3.8, 4) is 0 Å². The molecule has 0 saturated carbocycles. The minimum absolute atomic E-state index is 0.0954. The Morgan fingerprint density at radius 2 is 2.07 bits per heavy atom. The predicted octanol–water partition coefficient (Wildman–Crippen LogP) is 0.804. The fourth-order valence-corrected chi connectivity index (χ4v) is 1.10. The highest BCUT2D eigenvalue weighted by Crippen LogP contribution is 2.19. The zero-order valence-electron chi connectivity index (χ0n) is 7.91. The molecular formula is C8H11F3N4. The second kappa shape index (κ2) is 4.92. The lowest BCUT2D eigenvalue weighted by molar-refractivity contribution is -0.119. The fraction of sp³-hybridized carbons (Fsp3) is 0.500. The molecule has 0 aromatic carbocycles. The number of alkyl halides is 3. The lowest BCUT2D eigenvalue weighted by Gasteiger charge is -2.23. The Bertz CT molecular complexity index is 288. The third kappa shape index (κ3) is 4.11. The third-order valence-electron chi connectivity index (χ3n) is 1.64. The summed E-state index contributed by atoms with van der Waals surface area (Å²) in [5.74, 6) is 0.181. The maximum atomic E-state index is 12.2. The minimum atomic E-state index is -4.27. The van der Waals surface area contributed by atoms with E-state index in [9.17, 15) is 13.2 Å². The largest absolute Gasteiger partial charge is 0.405 e. The van der Waals surface area contributed by atoms with E-state index < -0.39 is 12.7 Å². The second-order valence-corrected chi connectivity index (χ2v) is 2.89. The molecule has 0 radical (unpaired) electrons. The van der Waals surface area contributed by atoms with E-state index in [2.05, 4.69) is 9.97 Å². The van der Waals surface area contributed by atoms with Crippen molar-refractivity contribution < 1.29 is 13.2 Å². The van der Waals surface area contributed by atoms with Crippen molar-refractivity contribution in [3.63, 3.8) is 0 Å². The summed E-state index contributed by atoms with van der Waals surface area (Å²) in [6, 6.07) is 0. The summed E-state index contributed by atoms with van der Waals surface area (Å²) in [7, 11) is 0. The van der Waals surface area contributed by atoms with Crippen LogP contribution in [0.3, 0.4) is 0 Å². The summed E-state index contributed by atoms with van der Waals surface area (Å²) in [6.07, 6.45) is -0.249. The Morgan fingerprint density at radius 3 is 2.53 bits per heavy atom. The normalized spacial score (nSPS) is 11.5. The highest BCUT2D eigenvalue weighted by molar-refractivity contribution is 5.35. The van der Waals surface area contributed by atoms with Gasteiger partial charge in [0.25, 0.3) is 0 Å². The molecule has 0 atom stereocenters. The number of nitrogens with zero attached hydrogens (tertiary/aromatic N) is 3. The predicted molar refractivity (Wildman–Crippen MR) is 49.4 cm³/mol. The number of hydrogen-bond acceptors (Lipinski definition) is 4. The van der Waals surface area contributed by atoms with Crippen molar-refractivity contribution in [2.75, 3.05) is 24.5 Å². The van der Waals surface area contributed by atoms with Crippen molar-refractivity contribution in [2.45, 2.75) is 6.18 Å². The number of nitrogens with two attached hydrogens (primary N) is 1. The molecule has 0 amide bonds. The molecule has 0 aliphatic rings. The van der Waals surface area contributed by atoms with Crippen LogP contribution in [0.5, 0.6) is 0 Å². The van der Waals surface area contributed by atoms with E-state index in [0.29, 0.717) is 0 Å². The van der Waals surface area contributed by atoms with Gasteiger partial charge in [0.2, 0.25) is 0 Å². The molecule has 15 heavy (non-hydrogen) atoms. The molecule has 2 N–H and O–H groups in total. The first-order chi connectivity index (χ1) is 7.03. The average molecular weight is 220 g/mol. The molecule has 84 valence electrons. The van der Waals surface area contributed by atoms with Gasteiger partial charge in [0.1, 0.15) is 12.4 Å². The van der Waals surface area contributed by atoms with Crippen LogP contribution in [0.25, 0.3) is 0 Å². The summed E-state index contributed by atoms with van der Waals surface area (Å²) >= 11 is 0. The number of rotatable bonds is 4. The van der Waals surface area contributed by atoms with E-state index in [1.807, 2.05) is 0 Å². The van der Waals surface area contributed by atoms with Crippen molar-refractivity contribution in [2.24, 2.45) is 5.73 Å². The van der Waals surface area contributed by atoms with Crippen LogP contribution in [-0.2, 0) is 0 Å². The molecule has 1 aromatic rings. The first-order valence-corrected chi connectivity index (χ1v) is 4.31. The van der Waals surface area contributed by atoms with E-state index in [1.165, 1.54) is 18.6 Å². The molecule has 0 fully saturated rings. The summed E-state index contributed by atoms with van der Waals surface area (Å²) < 4.78 is 36.6. The second-order valence-electron chi connectivity index (χ2n) is 2.89. The van der Waals surface area contributed by atoms with Gasteiger partial charge in [0.05, 0.1) is 6.20 Å². The summed E-state index contributed by atoms with van der Waals surface area (Å²) in [4.78, 5) is 8.54. The standard InChI is InChI=1S/C8H11F3N4/c9-8(10,11)6-15(4-1-12)7-5-13-2-3-14-7/h2-3,5H,1,4,6,12H2. The number of hydrogen-bond donors (Lipinski definition) is 1. The molecule has 0 aliphatic carbocycles. The van der Waals surface area contributed by atoms with Gasteiger partial charge in [-0.1, -0.05) is 0 Å². The van der Waals surface area contributed by atoms with Crippen LogP contribution in [0, 0.1) is 0 Å². The number of halogens is 3. The van der Waals surface area contributed by atoms with Gasteiger partial charge in [-0.25, -0.2) is 4.98 Å². The van der Waals surface area contributed by atoms with Gasteiger partial charge in [-0.05, 0) is 0 Å². The van der Waals surface area contributed by atoms with Crippen LogP contribution in [0.1, 0.15) is 0 Å². The molecule has 4 nitrogen and oxygen atoms in total. The molecule has 0 aliphatic heterocycles. The van der Waals surface area contributed by atoms with Gasteiger partial charge in [0.15, 0.2) is 0 Å². The third-order valence-corrected chi connectivity index (χ3v) is 1.64. The lowest BCUT2D eigenvalue weighted by Crippen LogP contribution is -2.38. The molecule has 7 heteroatoms. The molecular weight excluding hydrogens is 209 g/mol. The smallest absolute Gasteiger partial charge is 0.345 e. The van der Waals surface area contributed by atoms with Gasteiger partial charge < -0.3 is 10.6 Å². The van der Waals surface area contributed by atoms with Gasteiger partial charge in [-0.3, -0.25) is 4.98 Å². The molecule has 0 spiro atoms. The number of anilines is 1. The summed E-state index contributed by atoms with van der Waals surface area (Å²) in [5.41, 5.74) is 5.23. The Labute approximate surface area is 84.9 Å². The zero-order valence-corrected chi connectivity index (χ0v) is 7.91. The van der Waals surface area contributed by atoms with Crippen molar-refractivity contribution in [3.05, 3.63) is 18.6 Å². The fourth-order valence-electron chi connectivity index (χ4n) is 1.10. The summed E-state index contributed by atoms with van der Waals surface area (Å²) in [5, 5.41) is 0. The molecule has 0 saturated heterocycles. The van der Waals surface area contributed by atoms with Crippen LogP contribution >= 0.6 is 0 Å². The van der Waals surface area contributed by atoms with E-state index in [-0.39, 0.29) is 18.9 Å². The monoisotopic (exact) mass is 220 g/mol. The minimum Gasteiger partial charge on any atom is -0.345 e. The zero-order chi connectivity index (χ0) is 11.3. The lowest BCUT2D eigenvalue weighted by atomic mass is 10.4. The Balaban J connectivity index is 2.75. The Morgan fingerprint density at radius 1 is 1.33 bits per heavy atom. The molecule has 0 bridgehead atoms. The molecule has 1 heterocycles. The SMILES string of the molecule is NCCN(CC(F)(F)F)c1cnccn1. The summed E-state index contributed by atoms with van der Waals surface area (Å²) in [6.45, 7) is -0.840. The van der Waals surface area contributed by atoms with Gasteiger partial charge in [0, 0.05) is 25.5 Å². The maximum absolute atomic E-state index is 12.2. The van der Waals surface area contributed by atoms with Crippen LogP contribution in [0.15, 0.2) is 18.6 Å². The van der Waals surface area contributed by atoms with Crippen molar-refractivity contribution in [1.82, 2.24) is 9.97 Å². The maximum Gasteiger partial charge on any atom is 0.405 e. The van der Waals surface area contributed by atoms with Crippen LogP contribution in [0.4, 0.5) is 19.0 Å². The Kier molecular flexibility index (Phi) is 3.84. The average Bonchev–Trinajstić information content (AvgIpc) is 2.17. The number of aromatic nitrogens is 2.